The van der Waals surface area contributed by atoms with E-state index in [1.165, 1.54) is 11.1 Å². The minimum atomic E-state index is 0.137. The van der Waals surface area contributed by atoms with Gasteiger partial charge in [-0.1, -0.05) is 18.2 Å². The molecule has 0 aliphatic carbocycles. The summed E-state index contributed by atoms with van der Waals surface area (Å²) in [5.74, 6) is 0.927. The molecule has 1 unspecified atom stereocenters. The number of nitrogens with zero attached hydrogens (tertiary/aromatic N) is 1. The Morgan fingerprint density at radius 1 is 1.26 bits per heavy atom. The summed E-state index contributed by atoms with van der Waals surface area (Å²) in [5, 5.41) is 3.37. The highest BCUT2D eigenvalue weighted by Gasteiger charge is 2.03. The van der Waals surface area contributed by atoms with E-state index in [-0.39, 0.29) is 6.10 Å². The van der Waals surface area contributed by atoms with Gasteiger partial charge in [-0.05, 0) is 43.2 Å². The number of ether oxygens (including phenoxy) is 1. The molecular formula is C16H20N2O. The number of pyridine rings is 1. The molecule has 1 aromatic carbocycles. The lowest BCUT2D eigenvalue weighted by Gasteiger charge is -2.15. The van der Waals surface area contributed by atoms with Crippen molar-refractivity contribution in [1.29, 1.82) is 0 Å². The summed E-state index contributed by atoms with van der Waals surface area (Å²) < 4.78 is 5.85. The Morgan fingerprint density at radius 3 is 2.89 bits per heavy atom. The SMILES string of the molecule is Cc1cccc(OC(C)CNCc2cccnc2)c1. The normalized spacial score (nSPS) is 12.1. The lowest BCUT2D eigenvalue weighted by Crippen LogP contribution is -2.28. The maximum Gasteiger partial charge on any atom is 0.120 e. The molecule has 0 saturated heterocycles. The summed E-state index contributed by atoms with van der Waals surface area (Å²) >= 11 is 0. The molecule has 1 aromatic heterocycles. The topological polar surface area (TPSA) is 34.1 Å². The molecular weight excluding hydrogens is 236 g/mol. The van der Waals surface area contributed by atoms with Crippen LogP contribution < -0.4 is 10.1 Å². The first kappa shape index (κ1) is 13.6. The Labute approximate surface area is 114 Å². The van der Waals surface area contributed by atoms with Crippen LogP contribution >= 0.6 is 0 Å². The van der Waals surface area contributed by atoms with E-state index in [0.717, 1.165) is 18.8 Å². The number of benzene rings is 1. The van der Waals surface area contributed by atoms with Gasteiger partial charge in [0, 0.05) is 25.5 Å². The Morgan fingerprint density at radius 2 is 2.16 bits per heavy atom. The summed E-state index contributed by atoms with van der Waals surface area (Å²) in [5.41, 5.74) is 2.40. The van der Waals surface area contributed by atoms with Crippen molar-refractivity contribution in [1.82, 2.24) is 10.3 Å². The zero-order valence-electron chi connectivity index (χ0n) is 11.5. The number of aryl methyl sites for hydroxylation is 1. The van der Waals surface area contributed by atoms with E-state index in [9.17, 15) is 0 Å². The lowest BCUT2D eigenvalue weighted by atomic mass is 10.2. The monoisotopic (exact) mass is 256 g/mol. The zero-order chi connectivity index (χ0) is 13.5. The lowest BCUT2D eigenvalue weighted by molar-refractivity contribution is 0.216. The molecule has 1 N–H and O–H groups in total. The van der Waals surface area contributed by atoms with Crippen LogP contribution in [0.25, 0.3) is 0 Å². The second kappa shape index (κ2) is 6.90. The molecule has 0 saturated carbocycles. The summed E-state index contributed by atoms with van der Waals surface area (Å²) in [4.78, 5) is 4.09. The summed E-state index contributed by atoms with van der Waals surface area (Å²) in [6.07, 6.45) is 3.80. The average Bonchev–Trinajstić information content (AvgIpc) is 2.40. The molecule has 0 fully saturated rings. The van der Waals surface area contributed by atoms with Crippen LogP contribution in [0.3, 0.4) is 0 Å². The summed E-state index contributed by atoms with van der Waals surface area (Å²) in [7, 11) is 0. The maximum absolute atomic E-state index is 5.85. The highest BCUT2D eigenvalue weighted by Crippen LogP contribution is 2.13. The van der Waals surface area contributed by atoms with Gasteiger partial charge in [0.05, 0.1) is 0 Å². The third-order valence-corrected chi connectivity index (χ3v) is 2.81. The molecule has 0 bridgehead atoms. The van der Waals surface area contributed by atoms with E-state index in [2.05, 4.69) is 42.3 Å². The molecule has 2 rings (SSSR count). The number of hydrogen-bond acceptors (Lipinski definition) is 3. The molecule has 0 aliphatic heterocycles. The second-order valence-corrected chi connectivity index (χ2v) is 4.74. The van der Waals surface area contributed by atoms with Crippen molar-refractivity contribution >= 4 is 0 Å². The standard InChI is InChI=1S/C16H20N2O/c1-13-5-3-7-16(9-13)19-14(2)10-18-12-15-6-4-8-17-11-15/h3-9,11,14,18H,10,12H2,1-2H3. The largest absolute Gasteiger partial charge is 0.489 e. The van der Waals surface area contributed by atoms with Crippen LogP contribution in [0.2, 0.25) is 0 Å². The first-order chi connectivity index (χ1) is 9.24. The van der Waals surface area contributed by atoms with Crippen LogP contribution in [-0.2, 0) is 6.54 Å². The fourth-order valence-electron chi connectivity index (χ4n) is 1.89. The highest BCUT2D eigenvalue weighted by molar-refractivity contribution is 5.27. The molecule has 1 atom stereocenters. The fourth-order valence-corrected chi connectivity index (χ4v) is 1.89. The maximum atomic E-state index is 5.85. The predicted molar refractivity (Wildman–Crippen MR) is 77.2 cm³/mol. The molecule has 0 amide bonds. The van der Waals surface area contributed by atoms with E-state index in [1.54, 1.807) is 6.20 Å². The Balaban J connectivity index is 1.74. The first-order valence-corrected chi connectivity index (χ1v) is 6.57. The number of aromatic nitrogens is 1. The van der Waals surface area contributed by atoms with E-state index in [4.69, 9.17) is 4.74 Å². The third kappa shape index (κ3) is 4.72. The molecule has 3 heteroatoms. The van der Waals surface area contributed by atoms with Crippen LogP contribution in [0, 0.1) is 6.92 Å². The second-order valence-electron chi connectivity index (χ2n) is 4.74. The van der Waals surface area contributed by atoms with Crippen LogP contribution in [-0.4, -0.2) is 17.6 Å². The number of nitrogens with one attached hydrogen (secondary N) is 1. The van der Waals surface area contributed by atoms with Crippen LogP contribution in [0.1, 0.15) is 18.1 Å². The third-order valence-electron chi connectivity index (χ3n) is 2.81. The van der Waals surface area contributed by atoms with E-state index >= 15 is 0 Å². The molecule has 1 heterocycles. The summed E-state index contributed by atoms with van der Waals surface area (Å²) in [6, 6.07) is 12.1. The smallest absolute Gasteiger partial charge is 0.120 e. The molecule has 0 radical (unpaired) electrons. The van der Waals surface area contributed by atoms with Gasteiger partial charge in [0.25, 0.3) is 0 Å². The van der Waals surface area contributed by atoms with Gasteiger partial charge in [-0.2, -0.15) is 0 Å². The molecule has 2 aromatic rings. The minimum absolute atomic E-state index is 0.137. The van der Waals surface area contributed by atoms with Crippen molar-refractivity contribution < 1.29 is 4.74 Å². The quantitative estimate of drug-likeness (QED) is 0.863. The molecule has 19 heavy (non-hydrogen) atoms. The van der Waals surface area contributed by atoms with Gasteiger partial charge in [0.15, 0.2) is 0 Å². The van der Waals surface area contributed by atoms with Gasteiger partial charge < -0.3 is 10.1 Å². The minimum Gasteiger partial charge on any atom is -0.489 e. The van der Waals surface area contributed by atoms with Crippen molar-refractivity contribution in [3.8, 4) is 5.75 Å². The van der Waals surface area contributed by atoms with Crippen molar-refractivity contribution in [2.24, 2.45) is 0 Å². The van der Waals surface area contributed by atoms with Crippen molar-refractivity contribution in [3.63, 3.8) is 0 Å². The van der Waals surface area contributed by atoms with Gasteiger partial charge in [0.1, 0.15) is 11.9 Å². The number of rotatable bonds is 6. The number of hydrogen-bond donors (Lipinski definition) is 1. The van der Waals surface area contributed by atoms with E-state index < -0.39 is 0 Å². The average molecular weight is 256 g/mol. The Bertz CT molecular complexity index is 499. The van der Waals surface area contributed by atoms with Crippen LogP contribution in [0.5, 0.6) is 5.75 Å². The molecule has 100 valence electrons. The Kier molecular flexibility index (Phi) is 4.93. The molecule has 0 spiro atoms. The van der Waals surface area contributed by atoms with Gasteiger partial charge in [-0.15, -0.1) is 0 Å². The van der Waals surface area contributed by atoms with Crippen LogP contribution in [0.4, 0.5) is 0 Å². The van der Waals surface area contributed by atoms with Crippen molar-refractivity contribution in [3.05, 3.63) is 59.9 Å². The van der Waals surface area contributed by atoms with E-state index in [0.29, 0.717) is 0 Å². The molecule has 0 aliphatic rings. The first-order valence-electron chi connectivity index (χ1n) is 6.57. The van der Waals surface area contributed by atoms with Crippen molar-refractivity contribution in [2.45, 2.75) is 26.5 Å². The Hall–Kier alpha value is -1.87. The van der Waals surface area contributed by atoms with Gasteiger partial charge in [-0.25, -0.2) is 0 Å². The van der Waals surface area contributed by atoms with Crippen LogP contribution in [0.15, 0.2) is 48.8 Å². The fraction of sp³-hybridized carbons (Fsp3) is 0.312. The van der Waals surface area contributed by atoms with Crippen molar-refractivity contribution in [2.75, 3.05) is 6.54 Å². The zero-order valence-corrected chi connectivity index (χ0v) is 11.5. The highest BCUT2D eigenvalue weighted by atomic mass is 16.5. The predicted octanol–water partition coefficient (Wildman–Crippen LogP) is 2.95. The molecule has 3 nitrogen and oxygen atoms in total. The van der Waals surface area contributed by atoms with Gasteiger partial charge in [-0.3, -0.25) is 4.98 Å². The van der Waals surface area contributed by atoms with Gasteiger partial charge >= 0.3 is 0 Å². The van der Waals surface area contributed by atoms with E-state index in [1.807, 2.05) is 24.4 Å². The summed E-state index contributed by atoms with van der Waals surface area (Å²) in [6.45, 7) is 5.76. The van der Waals surface area contributed by atoms with Gasteiger partial charge in [0.2, 0.25) is 0 Å².